The summed E-state index contributed by atoms with van der Waals surface area (Å²) in [7, 11) is 0. The minimum absolute atomic E-state index is 0.0375. The first-order chi connectivity index (χ1) is 13.6. The zero-order valence-corrected chi connectivity index (χ0v) is 16.2. The molecule has 0 unspecified atom stereocenters. The summed E-state index contributed by atoms with van der Waals surface area (Å²) in [5.41, 5.74) is 0.756. The van der Waals surface area contributed by atoms with Crippen molar-refractivity contribution in [2.24, 2.45) is 0 Å². The molecule has 0 spiro atoms. The average molecular weight is 384 g/mol. The van der Waals surface area contributed by atoms with Crippen molar-refractivity contribution in [1.82, 2.24) is 15.5 Å². The number of benzene rings is 1. The average Bonchev–Trinajstić information content (AvgIpc) is 3.23. The van der Waals surface area contributed by atoms with Gasteiger partial charge in [0.25, 0.3) is 0 Å². The maximum Gasteiger partial charge on any atom is 0.319 e. The fourth-order valence-corrected chi connectivity index (χ4v) is 3.49. The van der Waals surface area contributed by atoms with Crippen LogP contribution in [0.1, 0.15) is 38.0 Å². The molecule has 7 heteroatoms. The Labute approximate surface area is 165 Å². The van der Waals surface area contributed by atoms with Crippen LogP contribution in [0.5, 0.6) is 0 Å². The third kappa shape index (κ3) is 5.85. The normalized spacial score (nSPS) is 18.2. The van der Waals surface area contributed by atoms with Crippen molar-refractivity contribution in [2.75, 3.05) is 25.0 Å². The summed E-state index contributed by atoms with van der Waals surface area (Å²) in [6, 6.07) is 12.8. The Morgan fingerprint density at radius 3 is 2.75 bits per heavy atom. The third-order valence-corrected chi connectivity index (χ3v) is 4.97. The van der Waals surface area contributed by atoms with Gasteiger partial charge in [0.2, 0.25) is 5.91 Å². The molecule has 0 saturated carbocycles. The van der Waals surface area contributed by atoms with Crippen LogP contribution in [0.15, 0.2) is 53.1 Å². The number of urea groups is 1. The zero-order chi connectivity index (χ0) is 19.8. The molecule has 0 aliphatic carbocycles. The van der Waals surface area contributed by atoms with Crippen molar-refractivity contribution in [2.45, 2.75) is 38.3 Å². The summed E-state index contributed by atoms with van der Waals surface area (Å²) >= 11 is 0. The first-order valence-corrected chi connectivity index (χ1v) is 9.78. The first kappa shape index (κ1) is 19.9. The lowest BCUT2D eigenvalue weighted by Gasteiger charge is -2.35. The Kier molecular flexibility index (Phi) is 7.08. The number of carbonyl (C=O) groups is 2. The summed E-state index contributed by atoms with van der Waals surface area (Å²) in [4.78, 5) is 26.7. The number of carbonyl (C=O) groups excluding carboxylic acids is 2. The zero-order valence-electron chi connectivity index (χ0n) is 16.2. The molecule has 0 bridgehead atoms. The van der Waals surface area contributed by atoms with Gasteiger partial charge < -0.3 is 20.4 Å². The van der Waals surface area contributed by atoms with E-state index in [2.05, 4.69) is 20.9 Å². The smallest absolute Gasteiger partial charge is 0.319 e. The van der Waals surface area contributed by atoms with Crippen molar-refractivity contribution in [3.8, 4) is 0 Å². The summed E-state index contributed by atoms with van der Waals surface area (Å²) in [6.45, 7) is 3.59. The van der Waals surface area contributed by atoms with Crippen LogP contribution in [0.3, 0.4) is 0 Å². The van der Waals surface area contributed by atoms with Gasteiger partial charge in [-0.25, -0.2) is 4.79 Å². The third-order valence-electron chi connectivity index (χ3n) is 4.97. The number of hydrogen-bond acceptors (Lipinski definition) is 4. The standard InChI is InChI=1S/C21H28N4O3/c1-16(19-11-7-13-28-19)23-20(26)15-25-12-6-5-10-18(25)14-22-21(27)24-17-8-3-2-4-9-17/h2-4,7-9,11,13,16,18H,5-6,10,12,14-15H2,1H3,(H,23,26)(H2,22,24,27)/t16-,18+/m0/s1. The second kappa shape index (κ2) is 9.94. The van der Waals surface area contributed by atoms with Gasteiger partial charge in [-0.3, -0.25) is 9.69 Å². The molecule has 2 atom stereocenters. The molecule has 0 radical (unpaired) electrons. The number of anilines is 1. The van der Waals surface area contributed by atoms with E-state index in [1.54, 1.807) is 6.26 Å². The van der Waals surface area contributed by atoms with Gasteiger partial charge in [-0.05, 0) is 50.6 Å². The van der Waals surface area contributed by atoms with Crippen LogP contribution in [0.25, 0.3) is 0 Å². The Hall–Kier alpha value is -2.80. The van der Waals surface area contributed by atoms with E-state index >= 15 is 0 Å². The highest BCUT2D eigenvalue weighted by molar-refractivity contribution is 5.89. The summed E-state index contributed by atoms with van der Waals surface area (Å²) in [5.74, 6) is 0.701. The summed E-state index contributed by atoms with van der Waals surface area (Å²) in [5, 5.41) is 8.72. The lowest BCUT2D eigenvalue weighted by atomic mass is 10.0. The van der Waals surface area contributed by atoms with Gasteiger partial charge in [-0.15, -0.1) is 0 Å². The largest absolute Gasteiger partial charge is 0.467 e. The Morgan fingerprint density at radius 1 is 1.18 bits per heavy atom. The first-order valence-electron chi connectivity index (χ1n) is 9.78. The minimum atomic E-state index is -0.229. The molecule has 3 rings (SSSR count). The molecule has 3 N–H and O–H groups in total. The number of amides is 3. The predicted molar refractivity (Wildman–Crippen MR) is 108 cm³/mol. The summed E-state index contributed by atoms with van der Waals surface area (Å²) in [6.07, 6.45) is 4.73. The number of nitrogens with one attached hydrogen (secondary N) is 3. The summed E-state index contributed by atoms with van der Waals surface area (Å²) < 4.78 is 5.34. The molecule has 1 aromatic carbocycles. The van der Waals surface area contributed by atoms with Gasteiger partial charge in [-0.2, -0.15) is 0 Å². The van der Waals surface area contributed by atoms with E-state index in [1.165, 1.54) is 0 Å². The minimum Gasteiger partial charge on any atom is -0.467 e. The fourth-order valence-electron chi connectivity index (χ4n) is 3.49. The molecular formula is C21H28N4O3. The van der Waals surface area contributed by atoms with Gasteiger partial charge in [0, 0.05) is 18.3 Å². The van der Waals surface area contributed by atoms with E-state index in [9.17, 15) is 9.59 Å². The van der Waals surface area contributed by atoms with Gasteiger partial charge in [-0.1, -0.05) is 24.6 Å². The van der Waals surface area contributed by atoms with E-state index in [0.29, 0.717) is 13.1 Å². The van der Waals surface area contributed by atoms with Crippen LogP contribution in [0, 0.1) is 0 Å². The van der Waals surface area contributed by atoms with E-state index < -0.39 is 0 Å². The lowest BCUT2D eigenvalue weighted by molar-refractivity contribution is -0.123. The monoisotopic (exact) mass is 384 g/mol. The van der Waals surface area contributed by atoms with Crippen molar-refractivity contribution < 1.29 is 14.0 Å². The van der Waals surface area contributed by atoms with Crippen molar-refractivity contribution in [3.05, 3.63) is 54.5 Å². The van der Waals surface area contributed by atoms with Crippen molar-refractivity contribution in [1.29, 1.82) is 0 Å². The van der Waals surface area contributed by atoms with E-state index in [-0.39, 0.29) is 24.0 Å². The fraction of sp³-hybridized carbons (Fsp3) is 0.429. The molecule has 1 aromatic heterocycles. The molecule has 2 heterocycles. The Bertz CT molecular complexity index is 748. The van der Waals surface area contributed by atoms with Gasteiger partial charge in [0.1, 0.15) is 5.76 Å². The number of nitrogens with zero attached hydrogens (tertiary/aromatic N) is 1. The molecule has 1 aliphatic heterocycles. The van der Waals surface area contributed by atoms with Crippen LogP contribution in [0.2, 0.25) is 0 Å². The molecule has 28 heavy (non-hydrogen) atoms. The van der Waals surface area contributed by atoms with Crippen LogP contribution >= 0.6 is 0 Å². The quantitative estimate of drug-likeness (QED) is 0.684. The topological polar surface area (TPSA) is 86.6 Å². The van der Waals surface area contributed by atoms with Crippen molar-refractivity contribution >= 4 is 17.6 Å². The Balaban J connectivity index is 1.46. The van der Waals surface area contributed by atoms with E-state index in [0.717, 1.165) is 37.3 Å². The predicted octanol–water partition coefficient (Wildman–Crippen LogP) is 3.13. The number of hydrogen-bond donors (Lipinski definition) is 3. The van der Waals surface area contributed by atoms with Crippen LogP contribution in [-0.2, 0) is 4.79 Å². The van der Waals surface area contributed by atoms with Crippen LogP contribution < -0.4 is 16.0 Å². The van der Waals surface area contributed by atoms with Crippen molar-refractivity contribution in [3.63, 3.8) is 0 Å². The second-order valence-corrected chi connectivity index (χ2v) is 7.13. The highest BCUT2D eigenvalue weighted by atomic mass is 16.3. The van der Waals surface area contributed by atoms with Crippen LogP contribution in [0.4, 0.5) is 10.5 Å². The maximum absolute atomic E-state index is 12.4. The molecule has 150 valence electrons. The lowest BCUT2D eigenvalue weighted by Crippen LogP contribution is -2.50. The molecule has 1 saturated heterocycles. The molecule has 2 aromatic rings. The van der Waals surface area contributed by atoms with E-state index in [1.807, 2.05) is 49.4 Å². The number of para-hydroxylation sites is 1. The molecule has 1 fully saturated rings. The highest BCUT2D eigenvalue weighted by Crippen LogP contribution is 2.17. The molecular weight excluding hydrogens is 356 g/mol. The number of likely N-dealkylation sites (tertiary alicyclic amines) is 1. The van der Waals surface area contributed by atoms with Gasteiger partial charge >= 0.3 is 6.03 Å². The maximum atomic E-state index is 12.4. The molecule has 1 aliphatic rings. The number of rotatable bonds is 7. The Morgan fingerprint density at radius 2 is 2.00 bits per heavy atom. The van der Waals surface area contributed by atoms with Gasteiger partial charge in [0.15, 0.2) is 0 Å². The highest BCUT2D eigenvalue weighted by Gasteiger charge is 2.25. The van der Waals surface area contributed by atoms with E-state index in [4.69, 9.17) is 4.42 Å². The molecule has 7 nitrogen and oxygen atoms in total. The molecule has 3 amide bonds. The SMILES string of the molecule is C[C@H](NC(=O)CN1CCCC[C@@H]1CNC(=O)Nc1ccccc1)c1ccco1. The second-order valence-electron chi connectivity index (χ2n) is 7.13. The van der Waals surface area contributed by atoms with Crippen LogP contribution in [-0.4, -0.2) is 42.5 Å². The van der Waals surface area contributed by atoms with Gasteiger partial charge in [0.05, 0.1) is 18.8 Å². The number of piperidine rings is 1. The number of furan rings is 1.